The van der Waals surface area contributed by atoms with Crippen molar-refractivity contribution in [3.63, 3.8) is 0 Å². The number of hydrogen-bond donors (Lipinski definition) is 1. The first-order valence-corrected chi connectivity index (χ1v) is 7.32. The number of nitrogens with zero attached hydrogens (tertiary/aromatic N) is 2. The van der Waals surface area contributed by atoms with Crippen molar-refractivity contribution < 1.29 is 9.66 Å². The average molecular weight is 293 g/mol. The summed E-state index contributed by atoms with van der Waals surface area (Å²) in [6, 6.07) is 5.22. The fourth-order valence-corrected chi connectivity index (χ4v) is 2.98. The maximum absolute atomic E-state index is 11.1. The van der Waals surface area contributed by atoms with Gasteiger partial charge in [0.1, 0.15) is 0 Å². The summed E-state index contributed by atoms with van der Waals surface area (Å²) in [5.74, 6) is 0.979. The monoisotopic (exact) mass is 293 g/mol. The molecule has 6 heteroatoms. The normalized spacial score (nSPS) is 19.4. The third-order valence-corrected chi connectivity index (χ3v) is 3.94. The number of methoxy groups -OCH3 is 1. The second-order valence-electron chi connectivity index (χ2n) is 5.56. The van der Waals surface area contributed by atoms with E-state index in [1.54, 1.807) is 12.1 Å². The summed E-state index contributed by atoms with van der Waals surface area (Å²) < 4.78 is 5.04. The Hall–Kier alpha value is -1.66. The highest BCUT2D eigenvalue weighted by atomic mass is 16.6. The fraction of sp³-hybridized carbons (Fsp3) is 0.600. The van der Waals surface area contributed by atoms with E-state index in [0.717, 1.165) is 31.7 Å². The molecule has 0 spiro atoms. The molecule has 1 heterocycles. The van der Waals surface area contributed by atoms with E-state index in [0.29, 0.717) is 11.7 Å². The lowest BCUT2D eigenvalue weighted by atomic mass is 9.97. The van der Waals surface area contributed by atoms with Gasteiger partial charge in [0.2, 0.25) is 0 Å². The number of nitrogens with one attached hydrogen (secondary N) is 1. The number of nitro groups is 1. The van der Waals surface area contributed by atoms with Crippen LogP contribution in [-0.2, 0) is 6.54 Å². The molecular weight excluding hydrogens is 270 g/mol. The lowest BCUT2D eigenvalue weighted by molar-refractivity contribution is -0.385. The Kier molecular flexibility index (Phi) is 5.52. The molecule has 1 atom stereocenters. The Balaban J connectivity index is 2.05. The molecule has 0 radical (unpaired) electrons. The standard InChI is InChI=1S/C15H23N3O3/c1-16-9-13-4-3-7-17(11-13)10-12-5-6-15(21-2)14(8-12)18(19)20/h5-6,8,13,16H,3-4,7,9-11H2,1-2H3. The minimum Gasteiger partial charge on any atom is -0.490 e. The summed E-state index contributed by atoms with van der Waals surface area (Å²) in [6.07, 6.45) is 2.44. The molecule has 116 valence electrons. The van der Waals surface area contributed by atoms with Crippen LogP contribution >= 0.6 is 0 Å². The van der Waals surface area contributed by atoms with Crippen molar-refractivity contribution in [2.45, 2.75) is 19.4 Å². The first kappa shape index (κ1) is 15.7. The summed E-state index contributed by atoms with van der Waals surface area (Å²) in [6.45, 7) is 3.88. The maximum atomic E-state index is 11.1. The van der Waals surface area contributed by atoms with E-state index in [-0.39, 0.29) is 10.6 Å². The van der Waals surface area contributed by atoms with Crippen LogP contribution in [0.25, 0.3) is 0 Å². The van der Waals surface area contributed by atoms with Gasteiger partial charge in [0.25, 0.3) is 0 Å². The van der Waals surface area contributed by atoms with Crippen LogP contribution in [-0.4, -0.2) is 43.6 Å². The summed E-state index contributed by atoms with van der Waals surface area (Å²) >= 11 is 0. The zero-order chi connectivity index (χ0) is 15.2. The molecule has 0 aliphatic carbocycles. The zero-order valence-electron chi connectivity index (χ0n) is 12.7. The molecule has 1 aliphatic heterocycles. The number of nitro benzene ring substituents is 1. The minimum absolute atomic E-state index is 0.0405. The third-order valence-electron chi connectivity index (χ3n) is 3.94. The van der Waals surface area contributed by atoms with Gasteiger partial charge in [-0.1, -0.05) is 6.07 Å². The first-order chi connectivity index (χ1) is 10.1. The zero-order valence-corrected chi connectivity index (χ0v) is 12.7. The second-order valence-corrected chi connectivity index (χ2v) is 5.56. The van der Waals surface area contributed by atoms with Crippen molar-refractivity contribution in [3.05, 3.63) is 33.9 Å². The molecule has 0 aromatic heterocycles. The molecule has 1 unspecified atom stereocenters. The van der Waals surface area contributed by atoms with Gasteiger partial charge in [-0.05, 0) is 50.5 Å². The Labute approximate surface area is 125 Å². The van der Waals surface area contributed by atoms with Crippen LogP contribution in [0, 0.1) is 16.0 Å². The van der Waals surface area contributed by atoms with E-state index in [1.165, 1.54) is 20.0 Å². The minimum atomic E-state index is -0.387. The van der Waals surface area contributed by atoms with Gasteiger partial charge < -0.3 is 10.1 Å². The van der Waals surface area contributed by atoms with Crippen molar-refractivity contribution in [3.8, 4) is 5.75 Å². The van der Waals surface area contributed by atoms with Crippen LogP contribution in [0.4, 0.5) is 5.69 Å². The lowest BCUT2D eigenvalue weighted by Crippen LogP contribution is -2.38. The average Bonchev–Trinajstić information content (AvgIpc) is 2.48. The van der Waals surface area contributed by atoms with E-state index in [9.17, 15) is 10.1 Å². The van der Waals surface area contributed by atoms with Gasteiger partial charge >= 0.3 is 5.69 Å². The fourth-order valence-electron chi connectivity index (χ4n) is 2.98. The summed E-state index contributed by atoms with van der Waals surface area (Å²) in [7, 11) is 3.43. The Morgan fingerprint density at radius 2 is 2.33 bits per heavy atom. The maximum Gasteiger partial charge on any atom is 0.311 e. The molecule has 21 heavy (non-hydrogen) atoms. The van der Waals surface area contributed by atoms with E-state index in [4.69, 9.17) is 4.74 Å². The molecule has 6 nitrogen and oxygen atoms in total. The summed E-state index contributed by atoms with van der Waals surface area (Å²) in [4.78, 5) is 13.1. The van der Waals surface area contributed by atoms with Crippen LogP contribution in [0.2, 0.25) is 0 Å². The molecule has 1 N–H and O–H groups in total. The molecule has 0 bridgehead atoms. The highest BCUT2D eigenvalue weighted by Gasteiger charge is 2.21. The third kappa shape index (κ3) is 4.15. The number of rotatable bonds is 6. The first-order valence-electron chi connectivity index (χ1n) is 7.32. The largest absolute Gasteiger partial charge is 0.490 e. The van der Waals surface area contributed by atoms with E-state index >= 15 is 0 Å². The van der Waals surface area contributed by atoms with Gasteiger partial charge in [-0.3, -0.25) is 15.0 Å². The number of hydrogen-bond acceptors (Lipinski definition) is 5. The van der Waals surface area contributed by atoms with Crippen molar-refractivity contribution in [1.82, 2.24) is 10.2 Å². The highest BCUT2D eigenvalue weighted by molar-refractivity contribution is 5.48. The van der Waals surface area contributed by atoms with Gasteiger partial charge in [0.05, 0.1) is 12.0 Å². The van der Waals surface area contributed by atoms with Crippen LogP contribution in [0.1, 0.15) is 18.4 Å². The van der Waals surface area contributed by atoms with Gasteiger partial charge in [-0.2, -0.15) is 0 Å². The van der Waals surface area contributed by atoms with Gasteiger partial charge in [-0.25, -0.2) is 0 Å². The molecule has 0 amide bonds. The van der Waals surface area contributed by atoms with Crippen LogP contribution < -0.4 is 10.1 Å². The number of piperidine rings is 1. The highest BCUT2D eigenvalue weighted by Crippen LogP contribution is 2.28. The number of benzene rings is 1. The molecule has 1 aromatic rings. The van der Waals surface area contributed by atoms with Crippen LogP contribution in [0.15, 0.2) is 18.2 Å². The van der Waals surface area contributed by atoms with Crippen LogP contribution in [0.3, 0.4) is 0 Å². The van der Waals surface area contributed by atoms with Crippen molar-refractivity contribution in [2.24, 2.45) is 5.92 Å². The molecular formula is C15H23N3O3. The van der Waals surface area contributed by atoms with Gasteiger partial charge in [0.15, 0.2) is 5.75 Å². The SMILES string of the molecule is CNCC1CCCN(Cc2ccc(OC)c([N+](=O)[O-])c2)C1. The van der Waals surface area contributed by atoms with Gasteiger partial charge in [-0.15, -0.1) is 0 Å². The number of ether oxygens (including phenoxy) is 1. The van der Waals surface area contributed by atoms with Crippen molar-refractivity contribution >= 4 is 5.69 Å². The van der Waals surface area contributed by atoms with E-state index in [1.807, 2.05) is 13.1 Å². The van der Waals surface area contributed by atoms with E-state index in [2.05, 4.69) is 10.2 Å². The van der Waals surface area contributed by atoms with Crippen LogP contribution in [0.5, 0.6) is 5.75 Å². The van der Waals surface area contributed by atoms with E-state index < -0.39 is 0 Å². The Morgan fingerprint density at radius 3 is 3.00 bits per heavy atom. The predicted molar refractivity (Wildman–Crippen MR) is 81.6 cm³/mol. The Bertz CT molecular complexity index is 491. The summed E-state index contributed by atoms with van der Waals surface area (Å²) in [5.41, 5.74) is 1.01. The smallest absolute Gasteiger partial charge is 0.311 e. The molecule has 1 saturated heterocycles. The topological polar surface area (TPSA) is 67.6 Å². The van der Waals surface area contributed by atoms with Crippen molar-refractivity contribution in [2.75, 3.05) is 33.8 Å². The van der Waals surface area contributed by atoms with Gasteiger partial charge in [0, 0.05) is 19.2 Å². The lowest BCUT2D eigenvalue weighted by Gasteiger charge is -2.32. The summed E-state index contributed by atoms with van der Waals surface area (Å²) in [5, 5.41) is 14.3. The molecule has 1 aromatic carbocycles. The molecule has 1 aliphatic rings. The second kappa shape index (κ2) is 7.38. The number of likely N-dealkylation sites (tertiary alicyclic amines) is 1. The molecule has 0 saturated carbocycles. The molecule has 1 fully saturated rings. The van der Waals surface area contributed by atoms with Crippen molar-refractivity contribution in [1.29, 1.82) is 0 Å². The Morgan fingerprint density at radius 1 is 1.52 bits per heavy atom. The predicted octanol–water partition coefficient (Wildman–Crippen LogP) is 2.03. The quantitative estimate of drug-likeness (QED) is 0.642. The molecule has 2 rings (SSSR count).